The predicted molar refractivity (Wildman–Crippen MR) is 220 cm³/mol. The van der Waals surface area contributed by atoms with Crippen LogP contribution in [0, 0.1) is 13.8 Å². The van der Waals surface area contributed by atoms with Gasteiger partial charge in [-0.2, -0.15) is 0 Å². The van der Waals surface area contributed by atoms with Crippen LogP contribution in [-0.2, 0) is 0 Å². The first-order valence-corrected chi connectivity index (χ1v) is 18.1. The smallest absolute Gasteiger partial charge is 0.333 e. The predicted octanol–water partition coefficient (Wildman–Crippen LogP) is 11.4. The quantitative estimate of drug-likeness (QED) is 0.172. The van der Waals surface area contributed by atoms with Gasteiger partial charge in [-0.3, -0.25) is 0 Å². The lowest BCUT2D eigenvalue weighted by Crippen LogP contribution is -2.60. The summed E-state index contributed by atoms with van der Waals surface area (Å²) in [5.74, 6) is 0. The maximum Gasteiger partial charge on any atom is 0.333 e. The Morgan fingerprint density at radius 2 is 1.29 bits per heavy atom. The van der Waals surface area contributed by atoms with Crippen LogP contribution in [0.4, 0.5) is 11.4 Å². The summed E-state index contributed by atoms with van der Waals surface area (Å²) < 4.78 is 9.31. The first-order valence-electron chi connectivity index (χ1n) is 18.1. The van der Waals surface area contributed by atoms with Gasteiger partial charge in [0.25, 0.3) is 0 Å². The fraction of sp³-hybridized carbons (Fsp3) is 0.0417. The highest BCUT2D eigenvalue weighted by Crippen LogP contribution is 2.50. The Morgan fingerprint density at radius 1 is 0.519 bits per heavy atom. The number of benzene rings is 8. The summed E-state index contributed by atoms with van der Waals surface area (Å²) in [6.07, 6.45) is 0. The highest BCUT2D eigenvalue weighted by molar-refractivity contribution is 6.93. The van der Waals surface area contributed by atoms with E-state index in [9.17, 15) is 0 Å². The molecule has 0 spiro atoms. The van der Waals surface area contributed by atoms with Gasteiger partial charge in [0.05, 0.1) is 11.0 Å². The molecule has 0 aliphatic carbocycles. The molecule has 0 bridgehead atoms. The van der Waals surface area contributed by atoms with Crippen LogP contribution in [-0.4, -0.2) is 11.4 Å². The third-order valence-electron chi connectivity index (χ3n) is 11.7. The summed E-state index contributed by atoms with van der Waals surface area (Å²) in [4.78, 5) is 2.61. The minimum Gasteiger partial charge on any atom is -0.456 e. The minimum absolute atomic E-state index is 0.0448. The molecule has 0 fully saturated rings. The van der Waals surface area contributed by atoms with Crippen LogP contribution >= 0.6 is 0 Å². The second-order valence-electron chi connectivity index (χ2n) is 14.6. The van der Waals surface area contributed by atoms with Crippen molar-refractivity contribution in [2.45, 2.75) is 13.8 Å². The van der Waals surface area contributed by atoms with Gasteiger partial charge in [0.15, 0.2) is 0 Å². The molecular formula is C48H31BN2O. The van der Waals surface area contributed by atoms with E-state index in [-0.39, 0.29) is 6.85 Å². The third kappa shape index (κ3) is 3.61. The van der Waals surface area contributed by atoms with Gasteiger partial charge in [0.1, 0.15) is 11.2 Å². The molecule has 10 aromatic rings. The molecule has 0 saturated heterocycles. The van der Waals surface area contributed by atoms with Crippen LogP contribution in [0.1, 0.15) is 11.1 Å². The fourth-order valence-electron chi connectivity index (χ4n) is 9.43. The monoisotopic (exact) mass is 662 g/mol. The van der Waals surface area contributed by atoms with Gasteiger partial charge < -0.3 is 13.8 Å². The molecule has 0 N–H and O–H groups in total. The second-order valence-corrected chi connectivity index (χ2v) is 14.6. The number of para-hydroxylation sites is 1. The summed E-state index contributed by atoms with van der Waals surface area (Å²) >= 11 is 0. The van der Waals surface area contributed by atoms with E-state index in [1.807, 2.05) is 0 Å². The lowest BCUT2D eigenvalue weighted by atomic mass is 9.43. The van der Waals surface area contributed by atoms with Crippen molar-refractivity contribution >= 4 is 83.7 Å². The van der Waals surface area contributed by atoms with Crippen LogP contribution in [0.25, 0.3) is 82.5 Å². The van der Waals surface area contributed by atoms with Crippen LogP contribution in [0.15, 0.2) is 156 Å². The number of aromatic nitrogens is 1. The molecule has 0 amide bonds. The van der Waals surface area contributed by atoms with E-state index in [0.717, 1.165) is 16.6 Å². The van der Waals surface area contributed by atoms with Crippen molar-refractivity contribution in [1.82, 2.24) is 4.57 Å². The van der Waals surface area contributed by atoms with Gasteiger partial charge in [-0.25, -0.2) is 0 Å². The Morgan fingerprint density at radius 3 is 2.15 bits per heavy atom. The molecule has 3 nitrogen and oxygen atoms in total. The average Bonchev–Trinajstić information content (AvgIpc) is 3.73. The number of nitrogens with zero attached hydrogens (tertiary/aromatic N) is 2. The molecule has 4 heterocycles. The zero-order valence-corrected chi connectivity index (χ0v) is 28.8. The maximum atomic E-state index is 6.76. The number of rotatable bonds is 2. The van der Waals surface area contributed by atoms with E-state index >= 15 is 0 Å². The number of furan rings is 1. The van der Waals surface area contributed by atoms with Gasteiger partial charge in [0.2, 0.25) is 0 Å². The van der Waals surface area contributed by atoms with Gasteiger partial charge >= 0.3 is 6.85 Å². The lowest BCUT2D eigenvalue weighted by molar-refractivity contribution is 0.669. The van der Waals surface area contributed by atoms with Crippen molar-refractivity contribution in [2.24, 2.45) is 0 Å². The molecule has 52 heavy (non-hydrogen) atoms. The van der Waals surface area contributed by atoms with Crippen LogP contribution in [0.5, 0.6) is 0 Å². The molecule has 12 rings (SSSR count). The Bertz CT molecular complexity index is 3150. The summed E-state index contributed by atoms with van der Waals surface area (Å²) in [6, 6.07) is 56.2. The SMILES string of the molecule is Cc1ccc(N2B3c4cc(C)ccc4-n4c5ccccc5c5c(-c6ccccc6)cc(c3c54)-c3cc4oc5ccc6ccccc6c5c4cc32)cc1. The van der Waals surface area contributed by atoms with Crippen molar-refractivity contribution in [1.29, 1.82) is 0 Å². The van der Waals surface area contributed by atoms with Crippen molar-refractivity contribution in [3.8, 4) is 27.9 Å². The lowest BCUT2D eigenvalue weighted by Gasteiger charge is -2.42. The maximum absolute atomic E-state index is 6.76. The highest BCUT2D eigenvalue weighted by atomic mass is 16.3. The summed E-state index contributed by atoms with van der Waals surface area (Å²) in [6.45, 7) is 4.34. The van der Waals surface area contributed by atoms with E-state index in [2.05, 4.69) is 175 Å². The number of anilines is 2. The van der Waals surface area contributed by atoms with Gasteiger partial charge in [-0.15, -0.1) is 0 Å². The van der Waals surface area contributed by atoms with Crippen LogP contribution in [0.2, 0.25) is 0 Å². The van der Waals surface area contributed by atoms with Crippen molar-refractivity contribution in [3.05, 3.63) is 163 Å². The van der Waals surface area contributed by atoms with Gasteiger partial charge in [-0.1, -0.05) is 114 Å². The van der Waals surface area contributed by atoms with Crippen LogP contribution in [0.3, 0.4) is 0 Å². The Labute approximate surface area is 301 Å². The number of hydrogen-bond acceptors (Lipinski definition) is 2. The standard InChI is InChI=1S/C48H31BN2O/c1-28-16-20-32(21-17-28)51-42-26-38-44(52-43-23-19-31-12-6-7-13-33(31)45(38)43)27-36(42)37-25-35(30-10-4-3-5-11-30)46-34-14-8-9-15-40(34)50-41-22-18-29(2)24-39(41)49(51)47(37)48(46)50/h3-27H,1-2H3. The molecule has 0 atom stereocenters. The Kier molecular flexibility index (Phi) is 5.45. The Hall–Kier alpha value is -6.52. The molecule has 4 heteroatoms. The van der Waals surface area contributed by atoms with Crippen molar-refractivity contribution in [3.63, 3.8) is 0 Å². The minimum atomic E-state index is -0.0448. The topological polar surface area (TPSA) is 21.3 Å². The summed E-state index contributed by atoms with van der Waals surface area (Å²) in [5, 5.41) is 7.33. The molecule has 2 aromatic heterocycles. The second kappa shape index (κ2) is 10.1. The van der Waals surface area contributed by atoms with Gasteiger partial charge in [-0.05, 0) is 101 Å². The van der Waals surface area contributed by atoms with Gasteiger partial charge in [0, 0.05) is 44.2 Å². The number of aryl methyl sites for hydroxylation is 2. The summed E-state index contributed by atoms with van der Waals surface area (Å²) in [5.41, 5.74) is 18.1. The van der Waals surface area contributed by atoms with E-state index in [1.165, 1.54) is 99.3 Å². The zero-order chi connectivity index (χ0) is 34.2. The first-order chi connectivity index (χ1) is 25.6. The van der Waals surface area contributed by atoms with E-state index in [0.29, 0.717) is 0 Å². The third-order valence-corrected chi connectivity index (χ3v) is 11.7. The largest absolute Gasteiger partial charge is 0.456 e. The molecule has 8 aromatic carbocycles. The molecule has 242 valence electrons. The highest BCUT2D eigenvalue weighted by Gasteiger charge is 2.44. The van der Waals surface area contributed by atoms with E-state index in [1.54, 1.807) is 0 Å². The summed E-state index contributed by atoms with van der Waals surface area (Å²) in [7, 11) is 0. The van der Waals surface area contributed by atoms with Crippen LogP contribution < -0.4 is 15.7 Å². The van der Waals surface area contributed by atoms with Crippen molar-refractivity contribution < 1.29 is 4.42 Å². The molecule has 2 aliphatic rings. The number of hydrogen-bond donors (Lipinski definition) is 0. The zero-order valence-electron chi connectivity index (χ0n) is 28.8. The molecule has 0 unspecified atom stereocenters. The molecule has 0 radical (unpaired) electrons. The number of fused-ring (bicyclic) bond motifs is 13. The molecule has 0 saturated carbocycles. The molecule has 2 aliphatic heterocycles. The van der Waals surface area contributed by atoms with Crippen molar-refractivity contribution in [2.75, 3.05) is 4.81 Å². The normalized spacial score (nSPS) is 13.1. The van der Waals surface area contributed by atoms with E-state index < -0.39 is 0 Å². The average molecular weight is 663 g/mol. The fourth-order valence-corrected chi connectivity index (χ4v) is 9.43. The Balaban J connectivity index is 1.31. The molecular weight excluding hydrogens is 631 g/mol. The first kappa shape index (κ1) is 28.2. The van der Waals surface area contributed by atoms with E-state index in [4.69, 9.17) is 4.42 Å².